The second kappa shape index (κ2) is 6.43. The molecule has 1 aliphatic heterocycles. The molecule has 2 aliphatic rings. The van der Waals surface area contributed by atoms with Gasteiger partial charge in [0.2, 0.25) is 0 Å². The van der Waals surface area contributed by atoms with E-state index in [2.05, 4.69) is 12.2 Å². The first-order valence-electron chi connectivity index (χ1n) is 7.49. The minimum atomic E-state index is -1.05. The van der Waals surface area contributed by atoms with Gasteiger partial charge in [0.25, 0.3) is 0 Å². The van der Waals surface area contributed by atoms with Gasteiger partial charge in [-0.3, -0.25) is 0 Å². The third-order valence-electron chi connectivity index (χ3n) is 4.58. The van der Waals surface area contributed by atoms with Crippen LogP contribution in [0.4, 0.5) is 4.79 Å². The molecule has 1 saturated heterocycles. The highest BCUT2D eigenvalue weighted by Gasteiger charge is 2.39. The molecule has 20 heavy (non-hydrogen) atoms. The number of rotatable bonds is 3. The van der Waals surface area contributed by atoms with Gasteiger partial charge < -0.3 is 20.4 Å². The van der Waals surface area contributed by atoms with Gasteiger partial charge in [0.1, 0.15) is 6.04 Å². The Hall–Kier alpha value is -1.30. The molecule has 6 nitrogen and oxygen atoms in total. The standard InChI is InChI=1S/C14H24N2O4/c1-2-9-3-5-10(6-4-9)15-14(20)16-8-11(17)7-12(16)13(18)19/h9-12,17H,2-8H2,1H3,(H,15,20)(H,18,19)/t9?,10?,11?,12-/m0/s1. The van der Waals surface area contributed by atoms with Gasteiger partial charge in [-0.25, -0.2) is 9.59 Å². The summed E-state index contributed by atoms with van der Waals surface area (Å²) in [6, 6.07) is -1.12. The van der Waals surface area contributed by atoms with Gasteiger partial charge in [0.05, 0.1) is 6.10 Å². The number of aliphatic hydroxyl groups is 1. The Kier molecular flexibility index (Phi) is 4.86. The maximum absolute atomic E-state index is 12.2. The van der Waals surface area contributed by atoms with Crippen LogP contribution >= 0.6 is 0 Å². The Bertz CT molecular complexity index is 366. The fourth-order valence-electron chi connectivity index (χ4n) is 3.24. The molecule has 2 atom stereocenters. The largest absolute Gasteiger partial charge is 0.480 e. The van der Waals surface area contributed by atoms with E-state index in [1.54, 1.807) is 0 Å². The lowest BCUT2D eigenvalue weighted by Crippen LogP contribution is -2.49. The first-order valence-corrected chi connectivity index (χ1v) is 7.49. The molecule has 0 radical (unpaired) electrons. The lowest BCUT2D eigenvalue weighted by molar-refractivity contribution is -0.141. The lowest BCUT2D eigenvalue weighted by atomic mass is 9.84. The van der Waals surface area contributed by atoms with Gasteiger partial charge in [-0.2, -0.15) is 0 Å². The number of carboxylic acids is 1. The minimum absolute atomic E-state index is 0.104. The summed E-state index contributed by atoms with van der Waals surface area (Å²) in [5.74, 6) is -0.296. The van der Waals surface area contributed by atoms with Crippen LogP contribution in [-0.4, -0.2) is 51.8 Å². The molecule has 0 spiro atoms. The van der Waals surface area contributed by atoms with Gasteiger partial charge in [-0.15, -0.1) is 0 Å². The van der Waals surface area contributed by atoms with Crippen LogP contribution in [0.2, 0.25) is 0 Å². The van der Waals surface area contributed by atoms with E-state index in [1.165, 1.54) is 11.3 Å². The van der Waals surface area contributed by atoms with Crippen LogP contribution < -0.4 is 5.32 Å². The number of amides is 2. The quantitative estimate of drug-likeness (QED) is 0.726. The number of aliphatic hydroxyl groups excluding tert-OH is 1. The number of nitrogens with one attached hydrogen (secondary N) is 1. The Morgan fingerprint density at radius 1 is 1.25 bits per heavy atom. The number of carbonyl (C=O) groups is 2. The normalized spacial score (nSPS) is 34.0. The van der Waals surface area contributed by atoms with Crippen LogP contribution in [0.1, 0.15) is 45.4 Å². The number of urea groups is 1. The number of β-amino-alcohol motifs (C(OH)–C–C–N with tert-alkyl or cyclic N) is 1. The van der Waals surface area contributed by atoms with Crippen molar-refractivity contribution in [1.29, 1.82) is 0 Å². The van der Waals surface area contributed by atoms with Crippen molar-refractivity contribution in [3.05, 3.63) is 0 Å². The second-order valence-electron chi connectivity index (χ2n) is 5.97. The number of carbonyl (C=O) groups excluding carboxylic acids is 1. The molecule has 3 N–H and O–H groups in total. The molecule has 6 heteroatoms. The summed E-state index contributed by atoms with van der Waals surface area (Å²) < 4.78 is 0. The van der Waals surface area contributed by atoms with Crippen LogP contribution in [0.5, 0.6) is 0 Å². The highest BCUT2D eigenvalue weighted by atomic mass is 16.4. The first-order chi connectivity index (χ1) is 9.51. The molecule has 0 aromatic carbocycles. The summed E-state index contributed by atoms with van der Waals surface area (Å²) in [7, 11) is 0. The highest BCUT2D eigenvalue weighted by molar-refractivity contribution is 5.83. The molecule has 1 aliphatic carbocycles. The zero-order chi connectivity index (χ0) is 14.7. The fraction of sp³-hybridized carbons (Fsp3) is 0.857. The first kappa shape index (κ1) is 15.1. The van der Waals surface area contributed by atoms with Crippen molar-refractivity contribution in [3.8, 4) is 0 Å². The maximum atomic E-state index is 12.2. The van der Waals surface area contributed by atoms with Gasteiger partial charge in [-0.05, 0) is 31.6 Å². The SMILES string of the molecule is CCC1CCC(NC(=O)N2CC(O)C[C@H]2C(=O)O)CC1. The topological polar surface area (TPSA) is 89.9 Å². The number of hydrogen-bond acceptors (Lipinski definition) is 3. The molecule has 2 fully saturated rings. The van der Waals surface area contributed by atoms with E-state index in [1.807, 2.05) is 0 Å². The number of hydrogen-bond donors (Lipinski definition) is 3. The van der Waals surface area contributed by atoms with Crippen LogP contribution in [0.15, 0.2) is 0 Å². The van der Waals surface area contributed by atoms with E-state index in [-0.39, 0.29) is 25.0 Å². The van der Waals surface area contributed by atoms with Crippen molar-refractivity contribution in [2.24, 2.45) is 5.92 Å². The van der Waals surface area contributed by atoms with E-state index in [9.17, 15) is 14.7 Å². The molecular weight excluding hydrogens is 260 g/mol. The summed E-state index contributed by atoms with van der Waals surface area (Å²) in [5, 5.41) is 21.6. The number of nitrogens with zero attached hydrogens (tertiary/aromatic N) is 1. The van der Waals surface area contributed by atoms with E-state index >= 15 is 0 Å². The third kappa shape index (κ3) is 3.42. The molecule has 1 heterocycles. The second-order valence-corrected chi connectivity index (χ2v) is 5.97. The summed E-state index contributed by atoms with van der Waals surface area (Å²) in [4.78, 5) is 24.5. The fourth-order valence-corrected chi connectivity index (χ4v) is 3.24. The van der Waals surface area contributed by atoms with Crippen LogP contribution in [0.25, 0.3) is 0 Å². The van der Waals surface area contributed by atoms with Crippen molar-refractivity contribution < 1.29 is 19.8 Å². The van der Waals surface area contributed by atoms with Crippen molar-refractivity contribution in [1.82, 2.24) is 10.2 Å². The monoisotopic (exact) mass is 284 g/mol. The predicted octanol–water partition coefficient (Wildman–Crippen LogP) is 1.18. The molecule has 0 aromatic rings. The van der Waals surface area contributed by atoms with E-state index in [4.69, 9.17) is 5.11 Å². The predicted molar refractivity (Wildman–Crippen MR) is 73.3 cm³/mol. The van der Waals surface area contributed by atoms with Crippen LogP contribution in [0, 0.1) is 5.92 Å². The van der Waals surface area contributed by atoms with Crippen molar-refractivity contribution in [2.75, 3.05) is 6.54 Å². The van der Waals surface area contributed by atoms with Crippen LogP contribution in [0.3, 0.4) is 0 Å². The van der Waals surface area contributed by atoms with E-state index < -0.39 is 18.1 Å². The van der Waals surface area contributed by atoms with Crippen LogP contribution in [-0.2, 0) is 4.79 Å². The summed E-state index contributed by atoms with van der Waals surface area (Å²) in [6.07, 6.45) is 4.71. The summed E-state index contributed by atoms with van der Waals surface area (Å²) in [6.45, 7) is 2.29. The summed E-state index contributed by atoms with van der Waals surface area (Å²) >= 11 is 0. The van der Waals surface area contributed by atoms with E-state index in [0.29, 0.717) is 0 Å². The molecule has 0 bridgehead atoms. The lowest BCUT2D eigenvalue weighted by Gasteiger charge is -2.31. The Morgan fingerprint density at radius 2 is 1.90 bits per heavy atom. The Labute approximate surface area is 119 Å². The molecule has 0 aromatic heterocycles. The molecule has 2 rings (SSSR count). The third-order valence-corrected chi connectivity index (χ3v) is 4.58. The molecule has 1 unspecified atom stereocenters. The number of aliphatic carboxylic acids is 1. The maximum Gasteiger partial charge on any atom is 0.326 e. The van der Waals surface area contributed by atoms with Gasteiger partial charge >= 0.3 is 12.0 Å². The zero-order valence-corrected chi connectivity index (χ0v) is 11.9. The van der Waals surface area contributed by atoms with Crippen molar-refractivity contribution in [3.63, 3.8) is 0 Å². The molecule has 1 saturated carbocycles. The van der Waals surface area contributed by atoms with Crippen molar-refractivity contribution >= 4 is 12.0 Å². The highest BCUT2D eigenvalue weighted by Crippen LogP contribution is 2.27. The number of likely N-dealkylation sites (tertiary alicyclic amines) is 1. The number of carboxylic acid groups (broad SMARTS) is 1. The van der Waals surface area contributed by atoms with Gasteiger partial charge in [0, 0.05) is 19.0 Å². The average Bonchev–Trinajstić information content (AvgIpc) is 2.82. The van der Waals surface area contributed by atoms with E-state index in [0.717, 1.165) is 31.6 Å². The molecule has 2 amide bonds. The molecular formula is C14H24N2O4. The Balaban J connectivity index is 1.87. The Morgan fingerprint density at radius 3 is 2.45 bits per heavy atom. The minimum Gasteiger partial charge on any atom is -0.480 e. The van der Waals surface area contributed by atoms with Gasteiger partial charge in [-0.1, -0.05) is 13.3 Å². The average molecular weight is 284 g/mol. The smallest absolute Gasteiger partial charge is 0.326 e. The zero-order valence-electron chi connectivity index (χ0n) is 11.9. The van der Waals surface area contributed by atoms with Crippen molar-refractivity contribution in [2.45, 2.75) is 63.6 Å². The van der Waals surface area contributed by atoms with Gasteiger partial charge in [0.15, 0.2) is 0 Å². The molecule has 114 valence electrons. The summed E-state index contributed by atoms with van der Waals surface area (Å²) in [5.41, 5.74) is 0.